The largest absolute Gasteiger partial charge is 0.362 e. The highest BCUT2D eigenvalue weighted by Gasteiger charge is 2.26. The molecule has 0 spiro atoms. The third-order valence-corrected chi connectivity index (χ3v) is 7.52. The summed E-state index contributed by atoms with van der Waals surface area (Å²) in [5, 5.41) is 10.0. The first-order valence-corrected chi connectivity index (χ1v) is 13.6. The van der Waals surface area contributed by atoms with Gasteiger partial charge in [0.1, 0.15) is 5.82 Å². The van der Waals surface area contributed by atoms with Gasteiger partial charge in [0.15, 0.2) is 0 Å². The van der Waals surface area contributed by atoms with Crippen LogP contribution < -0.4 is 20.9 Å². The number of aromatic nitrogens is 2. The van der Waals surface area contributed by atoms with Crippen LogP contribution in [-0.2, 0) is 12.8 Å². The maximum atomic E-state index is 13.0. The number of hydrogen-bond acceptors (Lipinski definition) is 5. The molecule has 2 aliphatic carbocycles. The van der Waals surface area contributed by atoms with E-state index in [1.807, 2.05) is 36.4 Å². The highest BCUT2D eigenvalue weighted by Crippen LogP contribution is 2.29. The molecule has 2 amide bonds. The zero-order chi connectivity index (χ0) is 25.6. The molecule has 1 heterocycles. The molecule has 2 aliphatic rings. The molecule has 1 fully saturated rings. The molecule has 0 saturated heterocycles. The second-order valence-corrected chi connectivity index (χ2v) is 10.5. The summed E-state index contributed by atoms with van der Waals surface area (Å²) >= 11 is 0. The van der Waals surface area contributed by atoms with Crippen LogP contribution in [0, 0.1) is 0 Å². The molecule has 0 bridgehead atoms. The molecule has 5 rings (SSSR count). The topological polar surface area (TPSA) is 82.2 Å². The summed E-state index contributed by atoms with van der Waals surface area (Å²) < 4.78 is 0. The molecule has 1 aromatic heterocycles. The normalized spacial score (nSPS) is 19.1. The number of nitrogens with zero attached hydrogens (tertiary/aromatic N) is 3. The standard InChI is InChI=1S/C30H38N6O/c1-36(2)28-25-15-9-10-16-26(25)33-29(35-28)31-23-17-19-24(20-18-23)32-30(37)34-27(21-11-5-3-6-12-21)22-13-7-4-8-14-22/h3-8,11-14,23-24,27H,9-10,15-20H2,1-2H3,(H,31,33,35)(H2,32,34,37). The van der Waals surface area contributed by atoms with E-state index in [0.717, 1.165) is 61.4 Å². The van der Waals surface area contributed by atoms with Gasteiger partial charge in [-0.1, -0.05) is 60.7 Å². The van der Waals surface area contributed by atoms with Crippen LogP contribution in [0.25, 0.3) is 0 Å². The second-order valence-electron chi connectivity index (χ2n) is 10.5. The van der Waals surface area contributed by atoms with Crippen LogP contribution in [0.15, 0.2) is 60.7 Å². The Morgan fingerprint density at radius 3 is 2.05 bits per heavy atom. The van der Waals surface area contributed by atoms with Crippen LogP contribution in [-0.4, -0.2) is 42.2 Å². The zero-order valence-electron chi connectivity index (χ0n) is 21.9. The molecule has 2 aromatic carbocycles. The monoisotopic (exact) mass is 498 g/mol. The van der Waals surface area contributed by atoms with E-state index < -0.39 is 0 Å². The minimum atomic E-state index is -0.188. The van der Waals surface area contributed by atoms with Crippen molar-refractivity contribution in [3.63, 3.8) is 0 Å². The maximum absolute atomic E-state index is 13.0. The minimum Gasteiger partial charge on any atom is -0.362 e. The van der Waals surface area contributed by atoms with Gasteiger partial charge in [0.2, 0.25) is 5.95 Å². The molecule has 1 saturated carbocycles. The number of hydrogen-bond donors (Lipinski definition) is 3. The van der Waals surface area contributed by atoms with Gasteiger partial charge in [-0.2, -0.15) is 4.98 Å². The van der Waals surface area contributed by atoms with Crippen molar-refractivity contribution < 1.29 is 4.79 Å². The Hall–Kier alpha value is -3.61. The number of benzene rings is 2. The van der Waals surface area contributed by atoms with Gasteiger partial charge in [0.05, 0.1) is 11.7 Å². The molecule has 0 atom stereocenters. The molecular weight excluding hydrogens is 460 g/mol. The van der Waals surface area contributed by atoms with Crippen molar-refractivity contribution in [2.24, 2.45) is 0 Å². The molecule has 7 nitrogen and oxygen atoms in total. The van der Waals surface area contributed by atoms with E-state index in [1.54, 1.807) is 0 Å². The van der Waals surface area contributed by atoms with Crippen molar-refractivity contribution in [2.45, 2.75) is 69.5 Å². The average Bonchev–Trinajstić information content (AvgIpc) is 2.93. The first-order chi connectivity index (χ1) is 18.1. The van der Waals surface area contributed by atoms with Crippen LogP contribution in [0.5, 0.6) is 0 Å². The number of carbonyl (C=O) groups excluding carboxylic acids is 1. The van der Waals surface area contributed by atoms with Gasteiger partial charge >= 0.3 is 6.03 Å². The van der Waals surface area contributed by atoms with Gasteiger partial charge in [-0.3, -0.25) is 0 Å². The van der Waals surface area contributed by atoms with Crippen LogP contribution in [0.3, 0.4) is 0 Å². The van der Waals surface area contributed by atoms with Crippen LogP contribution in [0.2, 0.25) is 0 Å². The smallest absolute Gasteiger partial charge is 0.315 e. The molecule has 7 heteroatoms. The van der Waals surface area contributed by atoms with E-state index in [0.29, 0.717) is 6.04 Å². The second kappa shape index (κ2) is 11.6. The lowest BCUT2D eigenvalue weighted by Crippen LogP contribution is -2.46. The number of nitrogens with one attached hydrogen (secondary N) is 3. The first-order valence-electron chi connectivity index (χ1n) is 13.6. The van der Waals surface area contributed by atoms with Gasteiger partial charge in [-0.05, 0) is 62.5 Å². The summed E-state index contributed by atoms with van der Waals surface area (Å²) in [7, 11) is 4.12. The van der Waals surface area contributed by atoms with Crippen molar-refractivity contribution in [1.29, 1.82) is 0 Å². The predicted molar refractivity (Wildman–Crippen MR) is 149 cm³/mol. The number of carbonyl (C=O) groups is 1. The molecule has 194 valence electrons. The van der Waals surface area contributed by atoms with Crippen LogP contribution >= 0.6 is 0 Å². The van der Waals surface area contributed by atoms with Crippen molar-refractivity contribution in [3.05, 3.63) is 83.0 Å². The Morgan fingerprint density at radius 2 is 1.43 bits per heavy atom. The summed E-state index contributed by atoms with van der Waals surface area (Å²) in [6.45, 7) is 0. The number of anilines is 2. The van der Waals surface area contributed by atoms with Crippen molar-refractivity contribution in [2.75, 3.05) is 24.3 Å². The SMILES string of the molecule is CN(C)c1nc(NC2CCC(NC(=O)NC(c3ccccc3)c3ccccc3)CC2)nc2c1CCCC2. The molecule has 0 aliphatic heterocycles. The Labute approximate surface area is 220 Å². The highest BCUT2D eigenvalue weighted by atomic mass is 16.2. The summed E-state index contributed by atoms with van der Waals surface area (Å²) in [5.41, 5.74) is 4.65. The van der Waals surface area contributed by atoms with Gasteiger partial charge < -0.3 is 20.9 Å². The lowest BCUT2D eigenvalue weighted by atomic mass is 9.91. The lowest BCUT2D eigenvalue weighted by molar-refractivity contribution is 0.229. The van der Waals surface area contributed by atoms with Gasteiger partial charge in [0, 0.05) is 31.7 Å². The van der Waals surface area contributed by atoms with Gasteiger partial charge in [0.25, 0.3) is 0 Å². The van der Waals surface area contributed by atoms with Gasteiger partial charge in [-0.15, -0.1) is 0 Å². The quantitative estimate of drug-likeness (QED) is 0.415. The number of fused-ring (bicyclic) bond motifs is 1. The van der Waals surface area contributed by atoms with E-state index in [1.165, 1.54) is 24.1 Å². The van der Waals surface area contributed by atoms with E-state index in [9.17, 15) is 4.79 Å². The molecule has 3 aromatic rings. The summed E-state index contributed by atoms with van der Waals surface area (Å²) in [6.07, 6.45) is 8.32. The Balaban J connectivity index is 1.17. The number of urea groups is 1. The summed E-state index contributed by atoms with van der Waals surface area (Å²) in [6, 6.07) is 20.4. The summed E-state index contributed by atoms with van der Waals surface area (Å²) in [4.78, 5) is 24.9. The molecule has 37 heavy (non-hydrogen) atoms. The van der Waals surface area contributed by atoms with E-state index in [2.05, 4.69) is 59.2 Å². The highest BCUT2D eigenvalue weighted by molar-refractivity contribution is 5.75. The van der Waals surface area contributed by atoms with E-state index in [4.69, 9.17) is 9.97 Å². The fraction of sp³-hybridized carbons (Fsp3) is 0.433. The molecule has 0 radical (unpaired) electrons. The van der Waals surface area contributed by atoms with E-state index >= 15 is 0 Å². The Bertz CT molecular complexity index is 1140. The van der Waals surface area contributed by atoms with Crippen LogP contribution in [0.1, 0.15) is 67.0 Å². The third-order valence-electron chi connectivity index (χ3n) is 7.52. The van der Waals surface area contributed by atoms with Gasteiger partial charge in [-0.25, -0.2) is 9.78 Å². The predicted octanol–water partition coefficient (Wildman–Crippen LogP) is 5.23. The fourth-order valence-corrected chi connectivity index (χ4v) is 5.58. The molecular formula is C30H38N6O. The molecule has 3 N–H and O–H groups in total. The maximum Gasteiger partial charge on any atom is 0.315 e. The van der Waals surface area contributed by atoms with Crippen molar-refractivity contribution in [1.82, 2.24) is 20.6 Å². The average molecular weight is 499 g/mol. The zero-order valence-corrected chi connectivity index (χ0v) is 21.9. The molecule has 0 unspecified atom stereocenters. The third kappa shape index (κ3) is 6.21. The lowest BCUT2D eigenvalue weighted by Gasteiger charge is -2.31. The summed E-state index contributed by atoms with van der Waals surface area (Å²) in [5.74, 6) is 1.79. The van der Waals surface area contributed by atoms with Crippen molar-refractivity contribution in [3.8, 4) is 0 Å². The van der Waals surface area contributed by atoms with E-state index in [-0.39, 0.29) is 18.1 Å². The number of aryl methyl sites for hydroxylation is 1. The van der Waals surface area contributed by atoms with Crippen molar-refractivity contribution >= 4 is 17.8 Å². The number of rotatable bonds is 7. The Kier molecular flexibility index (Phi) is 7.87. The number of amides is 2. The fourth-order valence-electron chi connectivity index (χ4n) is 5.58. The first kappa shape index (κ1) is 25.1. The van der Waals surface area contributed by atoms with Crippen LogP contribution in [0.4, 0.5) is 16.6 Å². The Morgan fingerprint density at radius 1 is 0.838 bits per heavy atom. The minimum absolute atomic E-state index is 0.122.